The second kappa shape index (κ2) is 7.25. The first-order valence-electron chi connectivity index (χ1n) is 8.36. The van der Waals surface area contributed by atoms with Crippen molar-refractivity contribution in [1.29, 1.82) is 0 Å². The third kappa shape index (κ3) is 3.08. The Kier molecular flexibility index (Phi) is 5.45. The molecular weight excluding hydrogens is 320 g/mol. The Balaban J connectivity index is 1.74. The fourth-order valence-corrected chi connectivity index (χ4v) is 4.05. The van der Waals surface area contributed by atoms with Crippen LogP contribution in [-0.4, -0.2) is 75.7 Å². The van der Waals surface area contributed by atoms with Crippen LogP contribution in [-0.2, 0) is 14.2 Å². The van der Waals surface area contributed by atoms with Gasteiger partial charge in [0.1, 0.15) is 24.4 Å². The zero-order valence-electron chi connectivity index (χ0n) is 13.6. The van der Waals surface area contributed by atoms with Crippen molar-refractivity contribution in [2.75, 3.05) is 13.2 Å². The van der Waals surface area contributed by atoms with Crippen molar-refractivity contribution in [2.24, 2.45) is 17.8 Å². The molecule has 0 aromatic heterocycles. The zero-order valence-corrected chi connectivity index (χ0v) is 13.6. The maximum Gasteiger partial charge on any atom is 0.205 e. The summed E-state index contributed by atoms with van der Waals surface area (Å²) in [5, 5.41) is 48.6. The van der Waals surface area contributed by atoms with Gasteiger partial charge in [0.15, 0.2) is 6.29 Å². The first-order chi connectivity index (χ1) is 11.5. The Hall–Kier alpha value is -0.740. The molecule has 0 bridgehead atoms. The van der Waals surface area contributed by atoms with Gasteiger partial charge in [-0.1, -0.05) is 0 Å². The molecule has 2 heterocycles. The second-order valence-electron chi connectivity index (χ2n) is 6.90. The van der Waals surface area contributed by atoms with Crippen molar-refractivity contribution >= 4 is 0 Å². The lowest BCUT2D eigenvalue weighted by Gasteiger charge is -2.43. The van der Waals surface area contributed by atoms with Gasteiger partial charge in [0, 0.05) is 12.5 Å². The highest BCUT2D eigenvalue weighted by molar-refractivity contribution is 5.10. The summed E-state index contributed by atoms with van der Waals surface area (Å²) in [6.45, 7) is 1.48. The van der Waals surface area contributed by atoms with E-state index in [1.54, 1.807) is 6.26 Å². The summed E-state index contributed by atoms with van der Waals surface area (Å²) in [5.74, 6) is 0.173. The van der Waals surface area contributed by atoms with Crippen molar-refractivity contribution in [3.8, 4) is 0 Å². The van der Waals surface area contributed by atoms with Gasteiger partial charge >= 0.3 is 0 Å². The van der Waals surface area contributed by atoms with E-state index in [1.807, 2.05) is 6.92 Å². The minimum Gasteiger partial charge on any atom is -0.472 e. The molecule has 9 atom stereocenters. The maximum absolute atomic E-state index is 10.1. The van der Waals surface area contributed by atoms with E-state index >= 15 is 0 Å². The number of hydrogen-bond acceptors (Lipinski definition) is 8. The number of rotatable bonds is 4. The lowest BCUT2D eigenvalue weighted by molar-refractivity contribution is -0.342. The van der Waals surface area contributed by atoms with Gasteiger partial charge in [0.05, 0.1) is 12.9 Å². The van der Waals surface area contributed by atoms with Gasteiger partial charge < -0.3 is 39.7 Å². The summed E-state index contributed by atoms with van der Waals surface area (Å²) < 4.78 is 16.8. The number of aliphatic hydroxyl groups is 5. The summed E-state index contributed by atoms with van der Waals surface area (Å²) in [5.41, 5.74) is 1.09. The van der Waals surface area contributed by atoms with Crippen LogP contribution in [0.15, 0.2) is 11.8 Å². The van der Waals surface area contributed by atoms with Crippen LogP contribution in [0.4, 0.5) is 0 Å². The molecule has 138 valence electrons. The summed E-state index contributed by atoms with van der Waals surface area (Å²) in [7, 11) is 0. The number of aliphatic hydroxyl groups excluding tert-OH is 5. The fourth-order valence-electron chi connectivity index (χ4n) is 4.05. The highest BCUT2D eigenvalue weighted by atomic mass is 16.8. The van der Waals surface area contributed by atoms with Crippen molar-refractivity contribution in [2.45, 2.75) is 56.8 Å². The largest absolute Gasteiger partial charge is 0.472 e. The Morgan fingerprint density at radius 3 is 2.46 bits per heavy atom. The molecule has 1 aliphatic carbocycles. The Morgan fingerprint density at radius 1 is 1.04 bits per heavy atom. The normalized spacial score (nSPS) is 48.6. The minimum atomic E-state index is -1.49. The van der Waals surface area contributed by atoms with Gasteiger partial charge in [-0.05, 0) is 37.2 Å². The second-order valence-corrected chi connectivity index (χ2v) is 6.90. The molecule has 0 aromatic carbocycles. The van der Waals surface area contributed by atoms with Crippen LogP contribution in [0.1, 0.15) is 19.8 Å². The van der Waals surface area contributed by atoms with Crippen LogP contribution in [0.5, 0.6) is 0 Å². The molecule has 2 aliphatic heterocycles. The van der Waals surface area contributed by atoms with Crippen LogP contribution in [0.2, 0.25) is 0 Å². The van der Waals surface area contributed by atoms with Gasteiger partial charge in [-0.3, -0.25) is 0 Å². The van der Waals surface area contributed by atoms with Crippen molar-refractivity contribution < 1.29 is 39.7 Å². The number of ether oxygens (including phenoxy) is 3. The lowest BCUT2D eigenvalue weighted by atomic mass is 9.84. The van der Waals surface area contributed by atoms with Crippen LogP contribution >= 0.6 is 0 Å². The quantitative estimate of drug-likeness (QED) is 0.425. The van der Waals surface area contributed by atoms with Crippen molar-refractivity contribution in [3.05, 3.63) is 11.8 Å². The molecule has 2 fully saturated rings. The molecule has 8 nitrogen and oxygen atoms in total. The van der Waals surface area contributed by atoms with E-state index in [1.165, 1.54) is 0 Å². The van der Waals surface area contributed by atoms with Gasteiger partial charge in [0.25, 0.3) is 0 Å². The molecule has 5 N–H and O–H groups in total. The average molecular weight is 346 g/mol. The van der Waals surface area contributed by atoms with Crippen molar-refractivity contribution in [1.82, 2.24) is 0 Å². The Morgan fingerprint density at radius 2 is 1.79 bits per heavy atom. The minimum absolute atomic E-state index is 0.0202. The molecule has 0 aromatic rings. The molecule has 0 spiro atoms. The standard InChI is InChI=1S/C16H26O8/c1-7-6-22-15(11-8(4-17)2-3-9(7)11)24-16-14(21)13(20)12(19)10(5-18)23-16/h6,8-21H,2-5H2,1H3/t8-,9-,10-,11-,12-,13+,14-,15+,16+/m1/s1. The zero-order chi connectivity index (χ0) is 17.4. The molecule has 0 amide bonds. The average Bonchev–Trinajstić information content (AvgIpc) is 3.02. The highest BCUT2D eigenvalue weighted by Crippen LogP contribution is 2.47. The van der Waals surface area contributed by atoms with Crippen LogP contribution in [0.3, 0.4) is 0 Å². The molecule has 0 radical (unpaired) electrons. The topological polar surface area (TPSA) is 129 Å². The van der Waals surface area contributed by atoms with Crippen LogP contribution in [0.25, 0.3) is 0 Å². The summed E-state index contributed by atoms with van der Waals surface area (Å²) >= 11 is 0. The van der Waals surface area contributed by atoms with Crippen molar-refractivity contribution in [3.63, 3.8) is 0 Å². The lowest BCUT2D eigenvalue weighted by Crippen LogP contribution is -2.60. The molecule has 3 rings (SSSR count). The molecule has 24 heavy (non-hydrogen) atoms. The fraction of sp³-hybridized carbons (Fsp3) is 0.875. The molecule has 0 unspecified atom stereocenters. The first kappa shape index (κ1) is 18.1. The first-order valence-corrected chi connectivity index (χ1v) is 8.36. The summed E-state index contributed by atoms with van der Waals surface area (Å²) in [6, 6.07) is 0. The Bertz CT molecular complexity index is 467. The smallest absolute Gasteiger partial charge is 0.205 e. The van der Waals surface area contributed by atoms with E-state index in [4.69, 9.17) is 14.2 Å². The molecule has 1 saturated heterocycles. The van der Waals surface area contributed by atoms with E-state index in [0.717, 1.165) is 18.4 Å². The predicted molar refractivity (Wildman–Crippen MR) is 80.3 cm³/mol. The van der Waals surface area contributed by atoms with E-state index in [9.17, 15) is 25.5 Å². The van der Waals surface area contributed by atoms with E-state index in [2.05, 4.69) is 0 Å². The third-order valence-corrected chi connectivity index (χ3v) is 5.50. The van der Waals surface area contributed by atoms with Gasteiger partial charge in [-0.25, -0.2) is 0 Å². The molecular formula is C16H26O8. The van der Waals surface area contributed by atoms with E-state index < -0.39 is 43.6 Å². The third-order valence-electron chi connectivity index (χ3n) is 5.50. The number of allylic oxidation sites excluding steroid dienone is 1. The Labute approximate surface area is 140 Å². The van der Waals surface area contributed by atoms with Crippen LogP contribution in [0, 0.1) is 17.8 Å². The number of fused-ring (bicyclic) bond motifs is 1. The molecule has 3 aliphatic rings. The molecule has 8 heteroatoms. The SMILES string of the molecule is CC1=CO[C@@H](O[C@@H]2O[C@H](CO)[C@@H](O)[C@H](O)[C@H]2O)[C@@H]2[C@@H](CO)CC[C@H]12. The summed E-state index contributed by atoms with van der Waals surface area (Å²) in [6.07, 6.45) is -3.98. The highest BCUT2D eigenvalue weighted by Gasteiger charge is 2.50. The van der Waals surface area contributed by atoms with E-state index in [0.29, 0.717) is 0 Å². The molecule has 1 saturated carbocycles. The number of hydrogen-bond donors (Lipinski definition) is 5. The predicted octanol–water partition coefficient (Wildman–Crippen LogP) is -1.30. The maximum atomic E-state index is 10.1. The van der Waals surface area contributed by atoms with Gasteiger partial charge in [-0.2, -0.15) is 0 Å². The van der Waals surface area contributed by atoms with Gasteiger partial charge in [-0.15, -0.1) is 0 Å². The monoisotopic (exact) mass is 346 g/mol. The summed E-state index contributed by atoms with van der Waals surface area (Å²) in [4.78, 5) is 0. The van der Waals surface area contributed by atoms with E-state index in [-0.39, 0.29) is 24.4 Å². The van der Waals surface area contributed by atoms with Crippen LogP contribution < -0.4 is 0 Å². The van der Waals surface area contributed by atoms with Gasteiger partial charge in [0.2, 0.25) is 6.29 Å².